The lowest BCUT2D eigenvalue weighted by Gasteiger charge is -2.25. The molecule has 3 N–H and O–H groups in total. The number of hydrogen-bond donors (Lipinski definition) is 2. The molecule has 0 aliphatic carbocycles. The van der Waals surface area contributed by atoms with Crippen molar-refractivity contribution in [1.82, 2.24) is 5.32 Å². The molecule has 0 aromatic rings. The van der Waals surface area contributed by atoms with Crippen molar-refractivity contribution in [1.29, 1.82) is 0 Å². The van der Waals surface area contributed by atoms with Crippen molar-refractivity contribution < 1.29 is 4.74 Å². The number of rotatable bonds is 8. The SMILES string of the molecule is CC(C)(CCN)CCCNCC1CCCCO1. The summed E-state index contributed by atoms with van der Waals surface area (Å²) in [6.45, 7) is 8.51. The van der Waals surface area contributed by atoms with Gasteiger partial charge in [-0.25, -0.2) is 0 Å². The molecule has 0 amide bonds. The fraction of sp³-hybridized carbons (Fsp3) is 1.00. The monoisotopic (exact) mass is 242 g/mol. The average Bonchev–Trinajstić information content (AvgIpc) is 2.30. The van der Waals surface area contributed by atoms with E-state index in [-0.39, 0.29) is 0 Å². The molecule has 1 rings (SSSR count). The van der Waals surface area contributed by atoms with E-state index in [1.54, 1.807) is 0 Å². The zero-order chi connectivity index (χ0) is 12.6. The van der Waals surface area contributed by atoms with Crippen LogP contribution in [-0.2, 0) is 4.74 Å². The smallest absolute Gasteiger partial charge is 0.0699 e. The molecular weight excluding hydrogens is 212 g/mol. The van der Waals surface area contributed by atoms with E-state index in [0.29, 0.717) is 11.5 Å². The van der Waals surface area contributed by atoms with Gasteiger partial charge in [0.25, 0.3) is 0 Å². The Morgan fingerprint density at radius 2 is 2.12 bits per heavy atom. The van der Waals surface area contributed by atoms with Gasteiger partial charge in [-0.05, 0) is 57.0 Å². The Morgan fingerprint density at radius 3 is 2.76 bits per heavy atom. The molecule has 0 bridgehead atoms. The minimum absolute atomic E-state index is 0.401. The van der Waals surface area contributed by atoms with Gasteiger partial charge >= 0.3 is 0 Å². The van der Waals surface area contributed by atoms with Crippen LogP contribution in [0.25, 0.3) is 0 Å². The largest absolute Gasteiger partial charge is 0.377 e. The minimum atomic E-state index is 0.401. The highest BCUT2D eigenvalue weighted by atomic mass is 16.5. The van der Waals surface area contributed by atoms with Crippen molar-refractivity contribution in [2.75, 3.05) is 26.2 Å². The summed E-state index contributed by atoms with van der Waals surface area (Å²) in [6.07, 6.45) is 7.87. The maximum Gasteiger partial charge on any atom is 0.0699 e. The molecule has 1 fully saturated rings. The molecule has 1 saturated heterocycles. The van der Waals surface area contributed by atoms with Gasteiger partial charge in [-0.2, -0.15) is 0 Å². The maximum absolute atomic E-state index is 5.68. The van der Waals surface area contributed by atoms with E-state index in [9.17, 15) is 0 Å². The fourth-order valence-corrected chi connectivity index (χ4v) is 2.44. The summed E-state index contributed by atoms with van der Waals surface area (Å²) in [4.78, 5) is 0. The second-order valence-electron chi connectivity index (χ2n) is 6.00. The number of nitrogens with one attached hydrogen (secondary N) is 1. The lowest BCUT2D eigenvalue weighted by molar-refractivity contribution is 0.0169. The molecule has 1 heterocycles. The van der Waals surface area contributed by atoms with Crippen molar-refractivity contribution in [3.05, 3.63) is 0 Å². The molecule has 102 valence electrons. The van der Waals surface area contributed by atoms with Gasteiger partial charge in [0.15, 0.2) is 0 Å². The molecule has 1 unspecified atom stereocenters. The molecule has 0 radical (unpaired) electrons. The fourth-order valence-electron chi connectivity index (χ4n) is 2.44. The number of hydrogen-bond acceptors (Lipinski definition) is 3. The molecule has 0 aromatic heterocycles. The Bertz CT molecular complexity index is 189. The van der Waals surface area contributed by atoms with Gasteiger partial charge in [0, 0.05) is 13.2 Å². The molecule has 0 saturated carbocycles. The summed E-state index contributed by atoms with van der Waals surface area (Å²) in [7, 11) is 0. The molecule has 17 heavy (non-hydrogen) atoms. The van der Waals surface area contributed by atoms with Crippen LogP contribution in [0.1, 0.15) is 52.4 Å². The van der Waals surface area contributed by atoms with E-state index in [0.717, 1.165) is 32.7 Å². The lowest BCUT2D eigenvalue weighted by atomic mass is 9.84. The molecule has 1 aliphatic rings. The van der Waals surface area contributed by atoms with Crippen LogP contribution in [0.15, 0.2) is 0 Å². The predicted molar refractivity (Wildman–Crippen MR) is 73.1 cm³/mol. The Kier molecular flexibility index (Phi) is 7.09. The normalized spacial score (nSPS) is 21.7. The van der Waals surface area contributed by atoms with Gasteiger partial charge in [-0.15, -0.1) is 0 Å². The number of ether oxygens (including phenoxy) is 1. The molecule has 0 spiro atoms. The van der Waals surface area contributed by atoms with E-state index in [1.165, 1.54) is 32.1 Å². The Hall–Kier alpha value is -0.120. The summed E-state index contributed by atoms with van der Waals surface area (Å²) < 4.78 is 5.68. The standard InChI is InChI=1S/C14H30N2O/c1-14(2,8-9-15)7-5-10-16-12-13-6-3-4-11-17-13/h13,16H,3-12,15H2,1-2H3. The van der Waals surface area contributed by atoms with Gasteiger partial charge in [0.2, 0.25) is 0 Å². The van der Waals surface area contributed by atoms with E-state index >= 15 is 0 Å². The topological polar surface area (TPSA) is 47.3 Å². The first-order valence-corrected chi connectivity index (χ1v) is 7.16. The first kappa shape index (κ1) is 14.9. The third kappa shape index (κ3) is 7.02. The summed E-state index contributed by atoms with van der Waals surface area (Å²) in [5.74, 6) is 0. The quantitative estimate of drug-likeness (QED) is 0.642. The van der Waals surface area contributed by atoms with Crippen LogP contribution in [0.4, 0.5) is 0 Å². The van der Waals surface area contributed by atoms with Crippen molar-refractivity contribution in [3.63, 3.8) is 0 Å². The minimum Gasteiger partial charge on any atom is -0.377 e. The van der Waals surface area contributed by atoms with Gasteiger partial charge in [0.1, 0.15) is 0 Å². The van der Waals surface area contributed by atoms with Crippen LogP contribution in [0, 0.1) is 5.41 Å². The first-order valence-electron chi connectivity index (χ1n) is 7.16. The molecule has 3 nitrogen and oxygen atoms in total. The Labute approximate surface area is 106 Å². The third-order valence-corrected chi connectivity index (χ3v) is 3.67. The number of nitrogens with two attached hydrogens (primary N) is 1. The Balaban J connectivity index is 1.96. The van der Waals surface area contributed by atoms with E-state index in [4.69, 9.17) is 10.5 Å². The molecule has 0 aromatic carbocycles. The zero-order valence-electron chi connectivity index (χ0n) is 11.6. The summed E-state index contributed by atoms with van der Waals surface area (Å²) in [5, 5.41) is 3.51. The lowest BCUT2D eigenvalue weighted by Crippen LogP contribution is -2.32. The second-order valence-corrected chi connectivity index (χ2v) is 6.00. The molecule has 3 heteroatoms. The van der Waals surface area contributed by atoms with Crippen molar-refractivity contribution in [3.8, 4) is 0 Å². The molecule has 1 atom stereocenters. The summed E-state index contributed by atoms with van der Waals surface area (Å²) >= 11 is 0. The van der Waals surface area contributed by atoms with Crippen LogP contribution in [0.5, 0.6) is 0 Å². The maximum atomic E-state index is 5.68. The highest BCUT2D eigenvalue weighted by Crippen LogP contribution is 2.25. The zero-order valence-corrected chi connectivity index (χ0v) is 11.6. The van der Waals surface area contributed by atoms with Crippen LogP contribution in [0.2, 0.25) is 0 Å². The summed E-state index contributed by atoms with van der Waals surface area (Å²) in [6, 6.07) is 0. The van der Waals surface area contributed by atoms with Gasteiger partial charge in [-0.1, -0.05) is 13.8 Å². The van der Waals surface area contributed by atoms with Crippen LogP contribution >= 0.6 is 0 Å². The first-order chi connectivity index (χ1) is 8.14. The van der Waals surface area contributed by atoms with Crippen molar-refractivity contribution >= 4 is 0 Å². The van der Waals surface area contributed by atoms with Crippen LogP contribution in [0.3, 0.4) is 0 Å². The van der Waals surface area contributed by atoms with Crippen molar-refractivity contribution in [2.24, 2.45) is 11.1 Å². The highest BCUT2D eigenvalue weighted by Gasteiger charge is 2.16. The van der Waals surface area contributed by atoms with Gasteiger partial charge in [0.05, 0.1) is 6.10 Å². The predicted octanol–water partition coefficient (Wildman–Crippen LogP) is 2.30. The van der Waals surface area contributed by atoms with E-state index in [2.05, 4.69) is 19.2 Å². The third-order valence-electron chi connectivity index (χ3n) is 3.67. The second kappa shape index (κ2) is 8.06. The Morgan fingerprint density at radius 1 is 1.29 bits per heavy atom. The van der Waals surface area contributed by atoms with Gasteiger partial charge in [-0.3, -0.25) is 0 Å². The van der Waals surface area contributed by atoms with E-state index < -0.39 is 0 Å². The van der Waals surface area contributed by atoms with Crippen molar-refractivity contribution in [2.45, 2.75) is 58.5 Å². The molecular formula is C14H30N2O. The summed E-state index contributed by atoms with van der Waals surface area (Å²) in [5.41, 5.74) is 6.01. The highest BCUT2D eigenvalue weighted by molar-refractivity contribution is 4.70. The van der Waals surface area contributed by atoms with Crippen LogP contribution in [-0.4, -0.2) is 32.3 Å². The molecule has 1 aliphatic heterocycles. The van der Waals surface area contributed by atoms with E-state index in [1.807, 2.05) is 0 Å². The van der Waals surface area contributed by atoms with Crippen LogP contribution < -0.4 is 11.1 Å². The average molecular weight is 242 g/mol. The van der Waals surface area contributed by atoms with Gasteiger partial charge < -0.3 is 15.8 Å².